The molecule has 0 saturated heterocycles. The van der Waals surface area contributed by atoms with Crippen LogP contribution in [0.3, 0.4) is 0 Å². The van der Waals surface area contributed by atoms with Gasteiger partial charge in [-0.2, -0.15) is 0 Å². The zero-order valence-electron chi connectivity index (χ0n) is 18.5. The quantitative estimate of drug-likeness (QED) is 0.555. The van der Waals surface area contributed by atoms with E-state index in [9.17, 15) is 19.2 Å². The summed E-state index contributed by atoms with van der Waals surface area (Å²) in [6.45, 7) is 3.70. The molecule has 3 N–H and O–H groups in total. The number of fused-ring (bicyclic) bond motifs is 1. The number of hydrogen-bond acceptors (Lipinski definition) is 7. The first-order valence-corrected chi connectivity index (χ1v) is 10.7. The number of amides is 3. The fourth-order valence-corrected chi connectivity index (χ4v) is 3.42. The third-order valence-electron chi connectivity index (χ3n) is 5.28. The first-order valence-electron chi connectivity index (χ1n) is 10.7. The van der Waals surface area contributed by atoms with Crippen LogP contribution in [-0.4, -0.2) is 45.7 Å². The fourth-order valence-electron chi connectivity index (χ4n) is 3.42. The van der Waals surface area contributed by atoms with E-state index >= 15 is 0 Å². The number of ether oxygens (including phenoxy) is 1. The number of carbonyl (C=O) groups excluding carboxylic acids is 4. The van der Waals surface area contributed by atoms with Crippen LogP contribution in [0, 0.1) is 5.92 Å². The maximum atomic E-state index is 13.0. The normalized spacial score (nSPS) is 17.0. The van der Waals surface area contributed by atoms with E-state index in [0.717, 1.165) is 5.56 Å². The van der Waals surface area contributed by atoms with Crippen LogP contribution in [0.25, 0.3) is 0 Å². The lowest BCUT2D eigenvalue weighted by molar-refractivity contribution is -0.140. The Kier molecular flexibility index (Phi) is 8.06. The smallest absolute Gasteiger partial charge is 0.408 e. The molecule has 3 amide bonds. The summed E-state index contributed by atoms with van der Waals surface area (Å²) in [4.78, 5) is 58.3. The van der Waals surface area contributed by atoms with E-state index in [-0.39, 0.29) is 25.5 Å². The highest BCUT2D eigenvalue weighted by Crippen LogP contribution is 2.12. The van der Waals surface area contributed by atoms with Crippen LogP contribution in [0.15, 0.2) is 42.9 Å². The average Bonchev–Trinajstić information content (AvgIpc) is 2.87. The first kappa shape index (κ1) is 23.8. The lowest BCUT2D eigenvalue weighted by Crippen LogP contribution is -2.55. The summed E-state index contributed by atoms with van der Waals surface area (Å²) in [6, 6.07) is 7.14. The lowest BCUT2D eigenvalue weighted by Gasteiger charge is -2.24. The van der Waals surface area contributed by atoms with Crippen molar-refractivity contribution in [3.63, 3.8) is 0 Å². The molecule has 1 aliphatic heterocycles. The van der Waals surface area contributed by atoms with E-state index in [4.69, 9.17) is 4.74 Å². The van der Waals surface area contributed by atoms with Crippen molar-refractivity contribution in [1.82, 2.24) is 25.9 Å². The van der Waals surface area contributed by atoms with Gasteiger partial charge in [-0.3, -0.25) is 14.4 Å². The molecule has 1 aromatic carbocycles. The van der Waals surface area contributed by atoms with Gasteiger partial charge in [-0.15, -0.1) is 0 Å². The van der Waals surface area contributed by atoms with Crippen LogP contribution in [-0.2, 0) is 38.7 Å². The van der Waals surface area contributed by atoms with Gasteiger partial charge in [0.05, 0.1) is 6.04 Å². The summed E-state index contributed by atoms with van der Waals surface area (Å²) in [5.41, 5.74) is 2.22. The average molecular weight is 453 g/mol. The maximum absolute atomic E-state index is 13.0. The number of alkyl carbamates (subject to hydrolysis) is 1. The molecule has 10 nitrogen and oxygen atoms in total. The number of carbonyl (C=O) groups is 4. The summed E-state index contributed by atoms with van der Waals surface area (Å²) in [5, 5.41) is 7.72. The Labute approximate surface area is 191 Å². The van der Waals surface area contributed by atoms with Crippen molar-refractivity contribution >= 4 is 23.7 Å². The van der Waals surface area contributed by atoms with Gasteiger partial charge in [0.1, 0.15) is 19.0 Å². The van der Waals surface area contributed by atoms with Gasteiger partial charge in [0.2, 0.25) is 11.7 Å². The van der Waals surface area contributed by atoms with Crippen molar-refractivity contribution in [3.05, 3.63) is 59.7 Å². The molecule has 1 aromatic heterocycles. The Morgan fingerprint density at radius 2 is 1.97 bits per heavy atom. The zero-order chi connectivity index (χ0) is 23.8. The van der Waals surface area contributed by atoms with E-state index in [1.54, 1.807) is 20.0 Å². The predicted octanol–water partition coefficient (Wildman–Crippen LogP) is 1.04. The van der Waals surface area contributed by atoms with Crippen molar-refractivity contribution in [2.24, 2.45) is 5.92 Å². The minimum atomic E-state index is -1.05. The molecule has 0 spiro atoms. The maximum Gasteiger partial charge on any atom is 0.408 e. The highest BCUT2D eigenvalue weighted by Gasteiger charge is 2.32. The van der Waals surface area contributed by atoms with Gasteiger partial charge in [0, 0.05) is 24.0 Å². The van der Waals surface area contributed by atoms with Crippen LogP contribution in [0.4, 0.5) is 4.79 Å². The third-order valence-corrected chi connectivity index (χ3v) is 5.28. The number of benzene rings is 1. The zero-order valence-corrected chi connectivity index (χ0v) is 18.5. The molecule has 2 heterocycles. The van der Waals surface area contributed by atoms with Crippen LogP contribution in [0.5, 0.6) is 0 Å². The van der Waals surface area contributed by atoms with E-state index in [1.165, 1.54) is 6.33 Å². The molecule has 2 aromatic rings. The number of nitrogens with one attached hydrogen (secondary N) is 3. The molecular formula is C23H27N5O5. The summed E-state index contributed by atoms with van der Waals surface area (Å²) in [5.74, 6) is -2.41. The molecule has 1 aliphatic rings. The van der Waals surface area contributed by atoms with Gasteiger partial charge in [0.15, 0.2) is 0 Å². The van der Waals surface area contributed by atoms with Gasteiger partial charge in [-0.05, 0) is 24.3 Å². The minimum Gasteiger partial charge on any atom is -0.445 e. The molecule has 0 bridgehead atoms. The molecule has 3 rings (SSSR count). The number of rotatable bonds is 6. The molecule has 2 unspecified atom stereocenters. The predicted molar refractivity (Wildman–Crippen MR) is 118 cm³/mol. The molecule has 33 heavy (non-hydrogen) atoms. The van der Waals surface area contributed by atoms with Gasteiger partial charge in [0.25, 0.3) is 5.91 Å². The Morgan fingerprint density at radius 1 is 1.21 bits per heavy atom. The van der Waals surface area contributed by atoms with Crippen LogP contribution in [0.1, 0.15) is 37.1 Å². The van der Waals surface area contributed by atoms with Crippen LogP contribution < -0.4 is 16.0 Å². The van der Waals surface area contributed by atoms with Gasteiger partial charge >= 0.3 is 6.09 Å². The number of aromatic nitrogens is 2. The highest BCUT2D eigenvalue weighted by molar-refractivity contribution is 6.38. The Hall–Kier alpha value is -3.82. The summed E-state index contributed by atoms with van der Waals surface area (Å²) < 4.78 is 5.20. The van der Waals surface area contributed by atoms with E-state index in [0.29, 0.717) is 17.7 Å². The Balaban J connectivity index is 1.64. The lowest BCUT2D eigenvalue weighted by atomic mass is 10.0. The van der Waals surface area contributed by atoms with Crippen molar-refractivity contribution in [1.29, 1.82) is 0 Å². The number of Topliss-reactive ketones (excluding diaryl/α,β-unsaturated/α-hetero) is 1. The van der Waals surface area contributed by atoms with E-state index in [1.807, 2.05) is 30.3 Å². The SMILES string of the molecule is CC(C)C(NC(=O)OCc1ccccc1)C(=O)NC1CCc2ncncc2CNC(=O)C1=O. The number of aryl methyl sites for hydroxylation is 1. The molecule has 0 aliphatic carbocycles. The van der Waals surface area contributed by atoms with Gasteiger partial charge in [-0.1, -0.05) is 44.2 Å². The minimum absolute atomic E-state index is 0.0572. The van der Waals surface area contributed by atoms with Crippen molar-refractivity contribution in [2.45, 2.75) is 51.9 Å². The first-order chi connectivity index (χ1) is 15.8. The third kappa shape index (κ3) is 6.58. The second-order valence-corrected chi connectivity index (χ2v) is 8.07. The van der Waals surface area contributed by atoms with E-state index < -0.39 is 35.8 Å². The van der Waals surface area contributed by atoms with Crippen LogP contribution >= 0.6 is 0 Å². The molecule has 0 fully saturated rings. The standard InChI is InChI=1S/C23H27N5O5/c1-14(2)19(28-23(32)33-12-15-6-4-3-5-7-15)21(30)27-18-9-8-17-16(10-24-13-26-17)11-25-22(31)20(18)29/h3-7,10,13-14,18-19H,8-9,11-12H2,1-2H3,(H,25,31)(H,27,30)(H,28,32). The molecular weight excluding hydrogens is 426 g/mol. The van der Waals surface area contributed by atoms with Crippen molar-refractivity contribution < 1.29 is 23.9 Å². The molecule has 2 atom stereocenters. The topological polar surface area (TPSA) is 139 Å². The van der Waals surface area contributed by atoms with Gasteiger partial charge < -0.3 is 20.7 Å². The highest BCUT2D eigenvalue weighted by atomic mass is 16.5. The Morgan fingerprint density at radius 3 is 2.70 bits per heavy atom. The Bertz CT molecular complexity index is 1010. The van der Waals surface area contributed by atoms with E-state index in [2.05, 4.69) is 25.9 Å². The second-order valence-electron chi connectivity index (χ2n) is 8.07. The number of hydrogen-bond donors (Lipinski definition) is 3. The second kappa shape index (κ2) is 11.2. The summed E-state index contributed by atoms with van der Waals surface area (Å²) in [6.07, 6.45) is 2.80. The van der Waals surface area contributed by atoms with Crippen LogP contribution in [0.2, 0.25) is 0 Å². The van der Waals surface area contributed by atoms with Gasteiger partial charge in [-0.25, -0.2) is 14.8 Å². The van der Waals surface area contributed by atoms with Crippen molar-refractivity contribution in [2.75, 3.05) is 0 Å². The molecule has 10 heteroatoms. The molecule has 0 radical (unpaired) electrons. The molecule has 174 valence electrons. The summed E-state index contributed by atoms with van der Waals surface area (Å²) >= 11 is 0. The summed E-state index contributed by atoms with van der Waals surface area (Å²) in [7, 11) is 0. The largest absolute Gasteiger partial charge is 0.445 e. The monoisotopic (exact) mass is 453 g/mol. The number of nitrogens with zero attached hydrogens (tertiary/aromatic N) is 2. The molecule has 0 saturated carbocycles. The fraction of sp³-hybridized carbons (Fsp3) is 0.391. The van der Waals surface area contributed by atoms with Crippen molar-refractivity contribution in [3.8, 4) is 0 Å². The number of ketones is 1.